The summed E-state index contributed by atoms with van der Waals surface area (Å²) in [5, 5.41) is 13.6. The van der Waals surface area contributed by atoms with Crippen LogP contribution < -0.4 is 5.32 Å². The van der Waals surface area contributed by atoms with Crippen molar-refractivity contribution in [2.45, 2.75) is 17.2 Å². The van der Waals surface area contributed by atoms with Gasteiger partial charge in [0.1, 0.15) is 0 Å². The van der Waals surface area contributed by atoms with Crippen molar-refractivity contribution < 1.29 is 22.0 Å². The Hall–Kier alpha value is -3.21. The first-order chi connectivity index (χ1) is 12.9. The minimum atomic E-state index is -4.92. The number of benzene rings is 2. The van der Waals surface area contributed by atoms with Gasteiger partial charge in [0.25, 0.3) is 5.91 Å². The lowest BCUT2D eigenvalue weighted by Crippen LogP contribution is -2.27. The molecular weight excluding hydrogens is 380 g/mol. The number of para-hydroxylation sites is 1. The topological polar surface area (TPSA) is 107 Å². The number of aromatic nitrogens is 4. The van der Waals surface area contributed by atoms with E-state index < -0.39 is 26.4 Å². The summed E-state index contributed by atoms with van der Waals surface area (Å²) in [4.78, 5) is 11.6. The van der Waals surface area contributed by atoms with E-state index in [1.165, 1.54) is 16.8 Å². The number of rotatable bonds is 6. The Kier molecular flexibility index (Phi) is 5.21. The smallest absolute Gasteiger partial charge is 0.341 e. The zero-order valence-corrected chi connectivity index (χ0v) is 14.5. The molecule has 1 amide bonds. The van der Waals surface area contributed by atoms with Gasteiger partial charge in [-0.2, -0.15) is 13.5 Å². The van der Waals surface area contributed by atoms with Gasteiger partial charge in [0.15, 0.2) is 5.82 Å². The Morgan fingerprint density at radius 3 is 2.44 bits per heavy atom. The lowest BCUT2D eigenvalue weighted by Gasteiger charge is -2.10. The third kappa shape index (κ3) is 3.82. The zero-order chi connectivity index (χ0) is 19.4. The second kappa shape index (κ2) is 7.58. The van der Waals surface area contributed by atoms with E-state index in [-0.39, 0.29) is 17.9 Å². The van der Waals surface area contributed by atoms with Crippen LogP contribution in [-0.2, 0) is 16.4 Å². The molecule has 0 spiro atoms. The fourth-order valence-electron chi connectivity index (χ4n) is 2.34. The zero-order valence-electron chi connectivity index (χ0n) is 13.7. The van der Waals surface area contributed by atoms with E-state index in [0.29, 0.717) is 5.69 Å². The number of alkyl halides is 2. The molecule has 0 fully saturated rings. The van der Waals surface area contributed by atoms with Crippen LogP contribution in [0.2, 0.25) is 0 Å². The molecule has 3 aromatic rings. The Balaban J connectivity index is 1.82. The third-order valence-corrected chi connectivity index (χ3v) is 5.05. The first-order valence-electron chi connectivity index (χ1n) is 7.63. The second-order valence-electron chi connectivity index (χ2n) is 5.33. The quantitative estimate of drug-likeness (QED) is 0.682. The van der Waals surface area contributed by atoms with E-state index in [1.54, 1.807) is 24.3 Å². The number of carbonyl (C=O) groups is 1. The molecule has 0 aliphatic rings. The minimum Gasteiger partial charge on any atom is -0.345 e. The lowest BCUT2D eigenvalue weighted by atomic mass is 10.2. The molecule has 0 unspecified atom stereocenters. The summed E-state index contributed by atoms with van der Waals surface area (Å²) >= 11 is 0. The van der Waals surface area contributed by atoms with Crippen LogP contribution >= 0.6 is 0 Å². The van der Waals surface area contributed by atoms with E-state index in [0.717, 1.165) is 12.1 Å². The highest BCUT2D eigenvalue weighted by atomic mass is 32.2. The van der Waals surface area contributed by atoms with Gasteiger partial charge < -0.3 is 5.32 Å². The maximum atomic E-state index is 12.8. The van der Waals surface area contributed by atoms with Crippen molar-refractivity contribution >= 4 is 15.7 Å². The first kappa shape index (κ1) is 18.6. The number of halogens is 2. The largest absolute Gasteiger partial charge is 0.345 e. The summed E-state index contributed by atoms with van der Waals surface area (Å²) in [6.45, 7) is -0.135. The average molecular weight is 393 g/mol. The number of amides is 1. The molecule has 0 aliphatic carbocycles. The molecule has 0 atom stereocenters. The molecule has 0 bridgehead atoms. The van der Waals surface area contributed by atoms with Gasteiger partial charge in [0, 0.05) is 0 Å². The van der Waals surface area contributed by atoms with Crippen molar-refractivity contribution in [3.63, 3.8) is 0 Å². The number of tetrazole rings is 1. The predicted octanol–water partition coefficient (Wildman–Crippen LogP) is 1.59. The molecule has 0 radical (unpaired) electrons. The number of carbonyl (C=O) groups excluding carboxylic acids is 1. The summed E-state index contributed by atoms with van der Waals surface area (Å²) in [6, 6.07) is 13.7. The molecule has 1 N–H and O–H groups in total. The fraction of sp³-hybridized carbons (Fsp3) is 0.125. The molecule has 27 heavy (non-hydrogen) atoms. The van der Waals surface area contributed by atoms with Gasteiger partial charge in [-0.15, -0.1) is 5.10 Å². The number of sulfone groups is 1. The maximum Gasteiger partial charge on any atom is 0.341 e. The van der Waals surface area contributed by atoms with E-state index in [4.69, 9.17) is 0 Å². The highest BCUT2D eigenvalue weighted by Gasteiger charge is 2.30. The van der Waals surface area contributed by atoms with Gasteiger partial charge >= 0.3 is 5.76 Å². The molecule has 11 heteroatoms. The molecule has 140 valence electrons. The molecule has 0 saturated heterocycles. The molecular formula is C16H13F2N5O3S. The molecule has 0 aliphatic heterocycles. The van der Waals surface area contributed by atoms with Gasteiger partial charge in [-0.3, -0.25) is 4.79 Å². The fourth-order valence-corrected chi connectivity index (χ4v) is 3.27. The molecule has 1 heterocycles. The van der Waals surface area contributed by atoms with Gasteiger partial charge in [-0.05, 0) is 34.7 Å². The van der Waals surface area contributed by atoms with Gasteiger partial charge in [0.2, 0.25) is 9.84 Å². The van der Waals surface area contributed by atoms with Gasteiger partial charge in [-0.1, -0.05) is 30.3 Å². The average Bonchev–Trinajstić information content (AvgIpc) is 3.15. The van der Waals surface area contributed by atoms with Crippen molar-refractivity contribution in [1.29, 1.82) is 0 Å². The number of nitrogens with one attached hydrogen (secondary N) is 1. The normalized spacial score (nSPS) is 11.5. The van der Waals surface area contributed by atoms with Crippen LogP contribution in [0.5, 0.6) is 0 Å². The predicted molar refractivity (Wildman–Crippen MR) is 90.0 cm³/mol. The van der Waals surface area contributed by atoms with Crippen molar-refractivity contribution in [1.82, 2.24) is 25.5 Å². The van der Waals surface area contributed by atoms with Crippen LogP contribution in [0.1, 0.15) is 16.2 Å². The van der Waals surface area contributed by atoms with Crippen LogP contribution in [0.15, 0.2) is 59.5 Å². The summed E-state index contributed by atoms with van der Waals surface area (Å²) in [7, 11) is -4.92. The Labute approximate surface area is 152 Å². The first-order valence-corrected chi connectivity index (χ1v) is 9.18. The van der Waals surface area contributed by atoms with Crippen LogP contribution in [-0.4, -0.2) is 40.3 Å². The van der Waals surface area contributed by atoms with Crippen molar-refractivity contribution in [2.75, 3.05) is 0 Å². The van der Waals surface area contributed by atoms with E-state index in [9.17, 15) is 22.0 Å². The summed E-state index contributed by atoms with van der Waals surface area (Å²) in [5.74, 6) is -4.18. The second-order valence-corrected chi connectivity index (χ2v) is 7.21. The van der Waals surface area contributed by atoms with Crippen LogP contribution in [0, 0.1) is 0 Å². The lowest BCUT2D eigenvalue weighted by molar-refractivity contribution is 0.0946. The van der Waals surface area contributed by atoms with E-state index in [1.807, 2.05) is 6.07 Å². The highest BCUT2D eigenvalue weighted by molar-refractivity contribution is 7.91. The third-order valence-electron chi connectivity index (χ3n) is 3.61. The van der Waals surface area contributed by atoms with Gasteiger partial charge in [-0.25, -0.2) is 8.42 Å². The maximum absolute atomic E-state index is 12.8. The Morgan fingerprint density at radius 2 is 1.74 bits per heavy atom. The standard InChI is InChI=1S/C16H13F2N5O3S/c17-16(18)27(25,26)13-9-5-4-8-12(13)15(24)19-10-14-20-21-22-23(14)11-6-2-1-3-7-11/h1-9,16H,10H2,(H,19,24). The SMILES string of the molecule is O=C(NCc1nnnn1-c1ccccc1)c1ccccc1S(=O)(=O)C(F)F. The Bertz CT molecular complexity index is 1050. The van der Waals surface area contributed by atoms with Crippen molar-refractivity contribution in [3.05, 3.63) is 66.0 Å². The summed E-state index contributed by atoms with van der Waals surface area (Å²) in [5.41, 5.74) is 0.281. The van der Waals surface area contributed by atoms with Crippen LogP contribution in [0.4, 0.5) is 8.78 Å². The summed E-state index contributed by atoms with van der Waals surface area (Å²) in [6.07, 6.45) is 0. The van der Waals surface area contributed by atoms with Crippen LogP contribution in [0.25, 0.3) is 5.69 Å². The molecule has 1 aromatic heterocycles. The monoisotopic (exact) mass is 393 g/mol. The minimum absolute atomic E-state index is 0.135. The van der Waals surface area contributed by atoms with E-state index in [2.05, 4.69) is 20.8 Å². The molecule has 0 saturated carbocycles. The highest BCUT2D eigenvalue weighted by Crippen LogP contribution is 2.22. The Morgan fingerprint density at radius 1 is 1.07 bits per heavy atom. The molecule has 8 nitrogen and oxygen atoms in total. The molecule has 2 aromatic carbocycles. The number of hydrogen-bond acceptors (Lipinski definition) is 6. The van der Waals surface area contributed by atoms with Crippen molar-refractivity contribution in [3.8, 4) is 5.69 Å². The summed E-state index contributed by atoms with van der Waals surface area (Å²) < 4.78 is 50.6. The van der Waals surface area contributed by atoms with E-state index >= 15 is 0 Å². The van der Waals surface area contributed by atoms with Crippen molar-refractivity contribution in [2.24, 2.45) is 0 Å². The number of hydrogen-bond donors (Lipinski definition) is 1. The van der Waals surface area contributed by atoms with Gasteiger partial charge in [0.05, 0.1) is 22.7 Å². The number of nitrogens with zero attached hydrogens (tertiary/aromatic N) is 4. The molecule has 3 rings (SSSR count). The van der Waals surface area contributed by atoms with Crippen LogP contribution in [0.3, 0.4) is 0 Å².